The number of nitrogens with zero attached hydrogens (tertiary/aromatic N) is 4. The van der Waals surface area contributed by atoms with Crippen LogP contribution < -0.4 is 0 Å². The number of carbonyl (C=O) groups is 3. The highest BCUT2D eigenvalue weighted by atomic mass is 16.6. The Labute approximate surface area is 163 Å². The van der Waals surface area contributed by atoms with Gasteiger partial charge in [-0.3, -0.25) is 9.59 Å². The average molecular weight is 384 g/mol. The molecule has 28 heavy (non-hydrogen) atoms. The fourth-order valence-corrected chi connectivity index (χ4v) is 4.04. The van der Waals surface area contributed by atoms with Gasteiger partial charge >= 0.3 is 6.09 Å². The van der Waals surface area contributed by atoms with Crippen molar-refractivity contribution >= 4 is 28.9 Å². The topological polar surface area (TPSA) is 84.7 Å². The van der Waals surface area contributed by atoms with Gasteiger partial charge in [0.1, 0.15) is 12.4 Å². The molecule has 8 heteroatoms. The number of benzene rings is 1. The van der Waals surface area contributed by atoms with Gasteiger partial charge in [0.25, 0.3) is 5.91 Å². The Morgan fingerprint density at radius 3 is 2.71 bits per heavy atom. The molecule has 0 unspecified atom stereocenters. The number of ether oxygens (including phenoxy) is 1. The van der Waals surface area contributed by atoms with Crippen LogP contribution in [0.1, 0.15) is 38.4 Å². The SMILES string of the molecule is Cn1c([C@H]2CCCN(C(=O)CN3C(=O)OC(C)(C)C3=O)C2)nc2ccccc21. The first kappa shape index (κ1) is 18.5. The lowest BCUT2D eigenvalue weighted by Crippen LogP contribution is -2.47. The molecule has 0 N–H and O–H groups in total. The molecule has 2 aliphatic rings. The van der Waals surface area contributed by atoms with Crippen LogP contribution in [0, 0.1) is 0 Å². The highest BCUT2D eigenvalue weighted by Gasteiger charge is 2.48. The minimum absolute atomic E-state index is 0.118. The number of rotatable bonds is 3. The highest BCUT2D eigenvalue weighted by Crippen LogP contribution is 2.29. The molecule has 8 nitrogen and oxygen atoms in total. The first-order valence-electron chi connectivity index (χ1n) is 9.52. The van der Waals surface area contributed by atoms with E-state index >= 15 is 0 Å². The number of fused-ring (bicyclic) bond motifs is 1. The lowest BCUT2D eigenvalue weighted by atomic mass is 9.97. The Morgan fingerprint density at radius 1 is 1.29 bits per heavy atom. The molecule has 0 saturated carbocycles. The molecule has 2 aromatic rings. The van der Waals surface area contributed by atoms with Crippen molar-refractivity contribution < 1.29 is 19.1 Å². The summed E-state index contributed by atoms with van der Waals surface area (Å²) in [5, 5.41) is 0. The van der Waals surface area contributed by atoms with Crippen LogP contribution in [0.5, 0.6) is 0 Å². The molecule has 0 radical (unpaired) electrons. The quantitative estimate of drug-likeness (QED) is 0.808. The van der Waals surface area contributed by atoms with Crippen LogP contribution in [0.3, 0.4) is 0 Å². The molecule has 3 amide bonds. The molecular weight excluding hydrogens is 360 g/mol. The van der Waals surface area contributed by atoms with Crippen LogP contribution in [-0.2, 0) is 21.4 Å². The van der Waals surface area contributed by atoms with Crippen molar-refractivity contribution in [3.8, 4) is 0 Å². The van der Waals surface area contributed by atoms with E-state index in [-0.39, 0.29) is 18.4 Å². The summed E-state index contributed by atoms with van der Waals surface area (Å²) in [6.07, 6.45) is 1.04. The zero-order valence-electron chi connectivity index (χ0n) is 16.3. The standard InChI is InChI=1S/C20H24N4O4/c1-20(2)18(26)24(19(27)28-20)12-16(25)23-10-6-7-13(11-23)17-21-14-8-4-5-9-15(14)22(17)3/h4-5,8-9,13H,6-7,10-12H2,1-3H3/t13-/m0/s1. The van der Waals surface area contributed by atoms with E-state index in [2.05, 4.69) is 4.57 Å². The van der Waals surface area contributed by atoms with Crippen LogP contribution in [0.2, 0.25) is 0 Å². The van der Waals surface area contributed by atoms with Crippen molar-refractivity contribution in [2.45, 2.75) is 38.2 Å². The number of para-hydroxylation sites is 2. The van der Waals surface area contributed by atoms with Crippen LogP contribution in [-0.4, -0.2) is 62.5 Å². The minimum atomic E-state index is -1.21. The van der Waals surface area contributed by atoms with Gasteiger partial charge in [-0.05, 0) is 38.8 Å². The van der Waals surface area contributed by atoms with Crippen LogP contribution in [0.15, 0.2) is 24.3 Å². The van der Waals surface area contributed by atoms with Gasteiger partial charge in [-0.15, -0.1) is 0 Å². The summed E-state index contributed by atoms with van der Waals surface area (Å²) in [6.45, 7) is 3.91. The van der Waals surface area contributed by atoms with E-state index in [9.17, 15) is 14.4 Å². The number of imidazole rings is 1. The molecule has 148 valence electrons. The molecule has 4 rings (SSSR count). The van der Waals surface area contributed by atoms with Gasteiger partial charge in [0.2, 0.25) is 5.91 Å². The minimum Gasteiger partial charge on any atom is -0.433 e. The van der Waals surface area contributed by atoms with Crippen molar-refractivity contribution in [2.24, 2.45) is 7.05 Å². The maximum atomic E-state index is 12.8. The Hall–Kier alpha value is -2.90. The number of hydrogen-bond donors (Lipinski definition) is 0. The van der Waals surface area contributed by atoms with Crippen molar-refractivity contribution in [3.63, 3.8) is 0 Å². The lowest BCUT2D eigenvalue weighted by molar-refractivity contribution is -0.140. The molecule has 0 bridgehead atoms. The third-order valence-corrected chi connectivity index (χ3v) is 5.58. The first-order valence-corrected chi connectivity index (χ1v) is 9.52. The molecule has 0 spiro atoms. The van der Waals surface area contributed by atoms with Gasteiger partial charge in [-0.2, -0.15) is 0 Å². The van der Waals surface area contributed by atoms with Gasteiger partial charge in [0.15, 0.2) is 5.60 Å². The summed E-state index contributed by atoms with van der Waals surface area (Å²) >= 11 is 0. The highest BCUT2D eigenvalue weighted by molar-refractivity contribution is 6.04. The van der Waals surface area contributed by atoms with E-state index in [1.54, 1.807) is 4.90 Å². The average Bonchev–Trinajstić information content (AvgIpc) is 3.10. The van der Waals surface area contributed by atoms with Gasteiger partial charge < -0.3 is 14.2 Å². The van der Waals surface area contributed by atoms with E-state index in [1.165, 1.54) is 13.8 Å². The largest absolute Gasteiger partial charge is 0.433 e. The van der Waals surface area contributed by atoms with Crippen LogP contribution in [0.4, 0.5) is 4.79 Å². The summed E-state index contributed by atoms with van der Waals surface area (Å²) in [5.74, 6) is 0.352. The summed E-state index contributed by atoms with van der Waals surface area (Å²) < 4.78 is 7.14. The van der Waals surface area contributed by atoms with Crippen LogP contribution in [0.25, 0.3) is 11.0 Å². The summed E-state index contributed by atoms with van der Waals surface area (Å²) in [6, 6.07) is 7.96. The molecule has 2 fully saturated rings. The third kappa shape index (κ3) is 3.02. The van der Waals surface area contributed by atoms with E-state index in [0.717, 1.165) is 34.6 Å². The third-order valence-electron chi connectivity index (χ3n) is 5.58. The second kappa shape index (κ2) is 6.61. The van der Waals surface area contributed by atoms with E-state index in [4.69, 9.17) is 9.72 Å². The van der Waals surface area contributed by atoms with E-state index in [1.807, 2.05) is 31.3 Å². The molecular formula is C20H24N4O4. The van der Waals surface area contributed by atoms with Crippen molar-refractivity contribution in [1.29, 1.82) is 0 Å². The number of cyclic esters (lactones) is 1. The second-order valence-electron chi connectivity index (χ2n) is 7.97. The zero-order valence-corrected chi connectivity index (χ0v) is 16.3. The summed E-state index contributed by atoms with van der Waals surface area (Å²) in [5.41, 5.74) is 0.791. The lowest BCUT2D eigenvalue weighted by Gasteiger charge is -2.33. The summed E-state index contributed by atoms with van der Waals surface area (Å²) in [7, 11) is 1.99. The van der Waals surface area contributed by atoms with Crippen molar-refractivity contribution in [3.05, 3.63) is 30.1 Å². The van der Waals surface area contributed by atoms with E-state index < -0.39 is 17.6 Å². The molecule has 1 aromatic carbocycles. The first-order chi connectivity index (χ1) is 13.3. The normalized spacial score (nSPS) is 22.0. The van der Waals surface area contributed by atoms with Gasteiger partial charge in [-0.25, -0.2) is 14.7 Å². The second-order valence-corrected chi connectivity index (χ2v) is 7.97. The number of hydrogen-bond acceptors (Lipinski definition) is 5. The molecule has 2 saturated heterocycles. The number of aryl methyl sites for hydroxylation is 1. The smallest absolute Gasteiger partial charge is 0.418 e. The number of imide groups is 1. The number of likely N-dealkylation sites (tertiary alicyclic amines) is 1. The number of amides is 3. The Kier molecular flexibility index (Phi) is 4.36. The Morgan fingerprint density at radius 2 is 2.04 bits per heavy atom. The van der Waals surface area contributed by atoms with Crippen molar-refractivity contribution in [1.82, 2.24) is 19.4 Å². The Balaban J connectivity index is 1.49. The molecule has 3 heterocycles. The van der Waals surface area contributed by atoms with Gasteiger partial charge in [0, 0.05) is 26.1 Å². The van der Waals surface area contributed by atoms with Crippen LogP contribution >= 0.6 is 0 Å². The fraction of sp³-hybridized carbons (Fsp3) is 0.500. The molecule has 1 atom stereocenters. The monoisotopic (exact) mass is 384 g/mol. The Bertz CT molecular complexity index is 964. The molecule has 0 aliphatic carbocycles. The van der Waals surface area contributed by atoms with E-state index in [0.29, 0.717) is 13.1 Å². The van der Waals surface area contributed by atoms with Gasteiger partial charge in [0.05, 0.1) is 11.0 Å². The summed E-state index contributed by atoms with van der Waals surface area (Å²) in [4.78, 5) is 44.4. The maximum Gasteiger partial charge on any atom is 0.418 e. The number of aromatic nitrogens is 2. The molecule has 2 aliphatic heterocycles. The maximum absolute atomic E-state index is 12.8. The zero-order chi connectivity index (χ0) is 20.1. The predicted molar refractivity (Wildman–Crippen MR) is 102 cm³/mol. The fourth-order valence-electron chi connectivity index (χ4n) is 4.04. The number of carbonyl (C=O) groups excluding carboxylic acids is 3. The van der Waals surface area contributed by atoms with Crippen molar-refractivity contribution in [2.75, 3.05) is 19.6 Å². The number of piperidine rings is 1. The van der Waals surface area contributed by atoms with Gasteiger partial charge in [-0.1, -0.05) is 12.1 Å². The predicted octanol–water partition coefficient (Wildman–Crippen LogP) is 2.04. The molecule has 1 aromatic heterocycles.